The third-order valence-corrected chi connectivity index (χ3v) is 7.32. The van der Waals surface area contributed by atoms with Crippen LogP contribution >= 0.6 is 0 Å². The molecule has 0 aliphatic carbocycles. The minimum atomic E-state index is -3.51. The van der Waals surface area contributed by atoms with Gasteiger partial charge in [0, 0.05) is 44.5 Å². The zero-order valence-corrected chi connectivity index (χ0v) is 17.0. The Labute approximate surface area is 162 Å². The Bertz CT molecular complexity index is 775. The summed E-state index contributed by atoms with van der Waals surface area (Å²) in [7, 11) is -3.51. The van der Waals surface area contributed by atoms with Crippen molar-refractivity contribution in [2.45, 2.75) is 44.0 Å². The minimum Gasteiger partial charge on any atom is -0.325 e. The normalized spacial score (nSPS) is 22.5. The molecule has 0 unspecified atom stereocenters. The van der Waals surface area contributed by atoms with Gasteiger partial charge in [-0.1, -0.05) is 12.5 Å². The smallest absolute Gasteiger partial charge is 0.243 e. The largest absolute Gasteiger partial charge is 0.325 e. The van der Waals surface area contributed by atoms with Gasteiger partial charge in [0.25, 0.3) is 0 Å². The van der Waals surface area contributed by atoms with Crippen molar-refractivity contribution in [2.24, 2.45) is 0 Å². The van der Waals surface area contributed by atoms with E-state index >= 15 is 0 Å². The molecule has 2 N–H and O–H groups in total. The van der Waals surface area contributed by atoms with E-state index < -0.39 is 10.0 Å². The molecule has 150 valence electrons. The SMILES string of the molecule is Cc1ccc(S(=O)(=O)N2CCCCC2)cc1NC(=O)CN1CCNC[C@H]1C. The molecule has 2 aliphatic heterocycles. The lowest BCUT2D eigenvalue weighted by Crippen LogP contribution is -2.52. The van der Waals surface area contributed by atoms with Gasteiger partial charge < -0.3 is 10.6 Å². The molecular weight excluding hydrogens is 364 g/mol. The van der Waals surface area contributed by atoms with E-state index in [4.69, 9.17) is 0 Å². The number of piperazine rings is 1. The Morgan fingerprint density at radius 2 is 1.96 bits per heavy atom. The molecule has 2 aliphatic rings. The van der Waals surface area contributed by atoms with Crippen LogP contribution in [0.25, 0.3) is 0 Å². The number of hydrogen-bond acceptors (Lipinski definition) is 5. The summed E-state index contributed by atoms with van der Waals surface area (Å²) >= 11 is 0. The number of anilines is 1. The second kappa shape index (κ2) is 8.68. The summed E-state index contributed by atoms with van der Waals surface area (Å²) in [6.07, 6.45) is 2.88. The van der Waals surface area contributed by atoms with Crippen LogP contribution < -0.4 is 10.6 Å². The first kappa shape index (κ1) is 20.3. The van der Waals surface area contributed by atoms with Crippen LogP contribution in [-0.4, -0.2) is 68.8 Å². The van der Waals surface area contributed by atoms with Gasteiger partial charge in [0.2, 0.25) is 15.9 Å². The third kappa shape index (κ3) is 4.87. The van der Waals surface area contributed by atoms with Crippen LogP contribution in [0.2, 0.25) is 0 Å². The second-order valence-corrected chi connectivity index (χ2v) is 9.45. The lowest BCUT2D eigenvalue weighted by molar-refractivity contribution is -0.118. The molecule has 2 fully saturated rings. The Hall–Kier alpha value is -1.48. The maximum atomic E-state index is 12.9. The van der Waals surface area contributed by atoms with Crippen molar-refractivity contribution in [3.05, 3.63) is 23.8 Å². The quantitative estimate of drug-likeness (QED) is 0.789. The average Bonchev–Trinajstić information content (AvgIpc) is 2.66. The zero-order chi connectivity index (χ0) is 19.4. The Morgan fingerprint density at radius 3 is 2.67 bits per heavy atom. The van der Waals surface area contributed by atoms with Crippen LogP contribution in [0.5, 0.6) is 0 Å². The fourth-order valence-electron chi connectivity index (χ4n) is 3.64. The van der Waals surface area contributed by atoms with E-state index in [1.165, 1.54) is 0 Å². The van der Waals surface area contributed by atoms with Crippen LogP contribution in [0.15, 0.2) is 23.1 Å². The van der Waals surface area contributed by atoms with Crippen molar-refractivity contribution in [2.75, 3.05) is 44.6 Å². The molecule has 2 saturated heterocycles. The summed E-state index contributed by atoms with van der Waals surface area (Å²) in [6, 6.07) is 5.29. The number of nitrogens with zero attached hydrogens (tertiary/aromatic N) is 2. The van der Waals surface area contributed by atoms with E-state index in [9.17, 15) is 13.2 Å². The predicted octanol–water partition coefficient (Wildman–Crippen LogP) is 1.40. The number of sulfonamides is 1. The fraction of sp³-hybridized carbons (Fsp3) is 0.632. The van der Waals surface area contributed by atoms with Crippen molar-refractivity contribution in [1.29, 1.82) is 0 Å². The first-order valence-electron chi connectivity index (χ1n) is 9.73. The van der Waals surface area contributed by atoms with Crippen molar-refractivity contribution in [1.82, 2.24) is 14.5 Å². The fourth-order valence-corrected chi connectivity index (χ4v) is 5.19. The van der Waals surface area contributed by atoms with Gasteiger partial charge in [-0.05, 0) is 44.4 Å². The van der Waals surface area contributed by atoms with Gasteiger partial charge in [-0.25, -0.2) is 8.42 Å². The number of amides is 1. The molecule has 1 aromatic rings. The standard InChI is InChI=1S/C19H30N4O3S/c1-15-6-7-17(27(25,26)23-9-4-3-5-10-23)12-18(15)21-19(24)14-22-11-8-20-13-16(22)2/h6-7,12,16,20H,3-5,8-11,13-14H2,1-2H3,(H,21,24)/t16-/m1/s1. The van der Waals surface area contributed by atoms with Crippen LogP contribution in [0.3, 0.4) is 0 Å². The number of benzene rings is 1. The summed E-state index contributed by atoms with van der Waals surface area (Å²) in [6.45, 7) is 7.99. The Balaban J connectivity index is 1.72. The van der Waals surface area contributed by atoms with Gasteiger partial charge >= 0.3 is 0 Å². The van der Waals surface area contributed by atoms with Crippen LogP contribution in [-0.2, 0) is 14.8 Å². The zero-order valence-electron chi connectivity index (χ0n) is 16.2. The van der Waals surface area contributed by atoms with Gasteiger partial charge in [-0.15, -0.1) is 0 Å². The van der Waals surface area contributed by atoms with E-state index in [0.29, 0.717) is 31.4 Å². The number of aryl methyl sites for hydroxylation is 1. The molecule has 0 bridgehead atoms. The monoisotopic (exact) mass is 394 g/mol. The maximum absolute atomic E-state index is 12.9. The molecule has 1 atom stereocenters. The molecule has 0 aromatic heterocycles. The highest BCUT2D eigenvalue weighted by Gasteiger charge is 2.27. The third-order valence-electron chi connectivity index (χ3n) is 5.42. The van der Waals surface area contributed by atoms with E-state index in [2.05, 4.69) is 22.5 Å². The van der Waals surface area contributed by atoms with Crippen molar-refractivity contribution < 1.29 is 13.2 Å². The number of hydrogen-bond donors (Lipinski definition) is 2. The van der Waals surface area contributed by atoms with Crippen LogP contribution in [0, 0.1) is 6.92 Å². The average molecular weight is 395 g/mol. The number of carbonyl (C=O) groups excluding carboxylic acids is 1. The van der Waals surface area contributed by atoms with Crippen LogP contribution in [0.4, 0.5) is 5.69 Å². The highest BCUT2D eigenvalue weighted by Crippen LogP contribution is 2.25. The number of carbonyl (C=O) groups is 1. The van der Waals surface area contributed by atoms with Gasteiger partial charge in [-0.2, -0.15) is 4.31 Å². The molecule has 27 heavy (non-hydrogen) atoms. The summed E-state index contributed by atoms with van der Waals surface area (Å²) in [5, 5.41) is 6.22. The van der Waals surface area contributed by atoms with Gasteiger partial charge in [0.1, 0.15) is 0 Å². The van der Waals surface area contributed by atoms with E-state index in [-0.39, 0.29) is 10.8 Å². The molecule has 0 radical (unpaired) electrons. The topological polar surface area (TPSA) is 81.8 Å². The van der Waals surface area contributed by atoms with E-state index in [1.807, 2.05) is 6.92 Å². The Kier molecular flexibility index (Phi) is 6.52. The van der Waals surface area contributed by atoms with Crippen molar-refractivity contribution in [3.63, 3.8) is 0 Å². The second-order valence-electron chi connectivity index (χ2n) is 7.51. The van der Waals surface area contributed by atoms with Crippen molar-refractivity contribution in [3.8, 4) is 0 Å². The molecule has 1 aromatic carbocycles. The van der Waals surface area contributed by atoms with Gasteiger partial charge in [0.15, 0.2) is 0 Å². The molecule has 7 nitrogen and oxygen atoms in total. The molecule has 3 rings (SSSR count). The molecule has 8 heteroatoms. The maximum Gasteiger partial charge on any atom is 0.243 e. The first-order chi connectivity index (χ1) is 12.9. The Morgan fingerprint density at radius 1 is 1.22 bits per heavy atom. The van der Waals surface area contributed by atoms with Crippen LogP contribution in [0.1, 0.15) is 31.7 Å². The summed E-state index contributed by atoms with van der Waals surface area (Å²) < 4.78 is 27.3. The van der Waals surface area contributed by atoms with Gasteiger partial charge in [0.05, 0.1) is 11.4 Å². The number of piperidine rings is 1. The number of rotatable bonds is 5. The van der Waals surface area contributed by atoms with Gasteiger partial charge in [-0.3, -0.25) is 9.69 Å². The molecule has 0 saturated carbocycles. The molecule has 1 amide bonds. The first-order valence-corrected chi connectivity index (χ1v) is 11.2. The van der Waals surface area contributed by atoms with E-state index in [0.717, 1.165) is 44.5 Å². The minimum absolute atomic E-state index is 0.112. The lowest BCUT2D eigenvalue weighted by atomic mass is 10.2. The predicted molar refractivity (Wildman–Crippen MR) is 106 cm³/mol. The number of nitrogens with one attached hydrogen (secondary N) is 2. The summed E-state index contributed by atoms with van der Waals surface area (Å²) in [5.74, 6) is -0.112. The highest BCUT2D eigenvalue weighted by molar-refractivity contribution is 7.89. The molecule has 2 heterocycles. The van der Waals surface area contributed by atoms with Crippen molar-refractivity contribution >= 4 is 21.6 Å². The van der Waals surface area contributed by atoms with E-state index in [1.54, 1.807) is 22.5 Å². The summed E-state index contributed by atoms with van der Waals surface area (Å²) in [5.41, 5.74) is 1.43. The highest BCUT2D eigenvalue weighted by atomic mass is 32.2. The molecule has 0 spiro atoms. The lowest BCUT2D eigenvalue weighted by Gasteiger charge is -2.33. The summed E-state index contributed by atoms with van der Waals surface area (Å²) in [4.78, 5) is 14.9. The molecular formula is C19H30N4O3S.